The lowest BCUT2D eigenvalue weighted by atomic mass is 10.1. The van der Waals surface area contributed by atoms with E-state index >= 15 is 0 Å². The average Bonchev–Trinajstić information content (AvgIpc) is 2.97. The van der Waals surface area contributed by atoms with Crippen LogP contribution in [-0.4, -0.2) is 25.0 Å². The smallest absolute Gasteiger partial charge is 0.229 e. The van der Waals surface area contributed by atoms with E-state index < -0.39 is 11.7 Å². The van der Waals surface area contributed by atoms with Gasteiger partial charge in [-0.2, -0.15) is 0 Å². The standard InChI is InChI=1S/C19H19FN2O3/c1-2-25-17-9-4-3-8-16(17)22-12-13(10-18(22)23)19(24)21-15-7-5-6-14(20)11-15/h3-9,11,13H,2,10,12H2,1H3,(H,21,24). The van der Waals surface area contributed by atoms with Crippen molar-refractivity contribution in [2.45, 2.75) is 13.3 Å². The Morgan fingerprint density at radius 1 is 1.28 bits per heavy atom. The maximum atomic E-state index is 13.2. The van der Waals surface area contributed by atoms with E-state index in [0.717, 1.165) is 0 Å². The summed E-state index contributed by atoms with van der Waals surface area (Å²) in [4.78, 5) is 26.4. The zero-order valence-electron chi connectivity index (χ0n) is 13.9. The number of ether oxygens (including phenoxy) is 1. The summed E-state index contributed by atoms with van der Waals surface area (Å²) in [7, 11) is 0. The van der Waals surface area contributed by atoms with Gasteiger partial charge in [-0.25, -0.2) is 4.39 Å². The molecular weight excluding hydrogens is 323 g/mol. The first-order chi connectivity index (χ1) is 12.1. The number of amides is 2. The third kappa shape index (κ3) is 3.79. The first-order valence-electron chi connectivity index (χ1n) is 8.17. The molecule has 1 unspecified atom stereocenters. The minimum absolute atomic E-state index is 0.113. The van der Waals surface area contributed by atoms with Gasteiger partial charge in [0.15, 0.2) is 0 Å². The third-order valence-electron chi connectivity index (χ3n) is 4.04. The van der Waals surface area contributed by atoms with Gasteiger partial charge >= 0.3 is 0 Å². The highest BCUT2D eigenvalue weighted by molar-refractivity contribution is 6.04. The molecule has 0 bridgehead atoms. The normalized spacial score (nSPS) is 16.8. The highest BCUT2D eigenvalue weighted by Crippen LogP contribution is 2.33. The number of carbonyl (C=O) groups is 2. The number of hydrogen-bond donors (Lipinski definition) is 1. The van der Waals surface area contributed by atoms with Crippen LogP contribution in [0.25, 0.3) is 0 Å². The molecule has 1 atom stereocenters. The second-order valence-corrected chi connectivity index (χ2v) is 5.81. The van der Waals surface area contributed by atoms with Crippen LogP contribution in [0.15, 0.2) is 48.5 Å². The number of rotatable bonds is 5. The van der Waals surface area contributed by atoms with E-state index in [1.165, 1.54) is 18.2 Å². The maximum absolute atomic E-state index is 13.2. The molecule has 2 aromatic rings. The summed E-state index contributed by atoms with van der Waals surface area (Å²) in [6, 6.07) is 12.9. The highest BCUT2D eigenvalue weighted by Gasteiger charge is 2.36. The van der Waals surface area contributed by atoms with E-state index in [4.69, 9.17) is 4.74 Å². The SMILES string of the molecule is CCOc1ccccc1N1CC(C(=O)Nc2cccc(F)c2)CC1=O. The van der Waals surface area contributed by atoms with Crippen molar-refractivity contribution in [3.05, 3.63) is 54.3 Å². The van der Waals surface area contributed by atoms with Crippen LogP contribution >= 0.6 is 0 Å². The molecule has 0 radical (unpaired) electrons. The summed E-state index contributed by atoms with van der Waals surface area (Å²) in [5.74, 6) is -0.732. The average molecular weight is 342 g/mol. The van der Waals surface area contributed by atoms with Crippen LogP contribution in [0, 0.1) is 11.7 Å². The zero-order valence-corrected chi connectivity index (χ0v) is 13.9. The van der Waals surface area contributed by atoms with E-state index in [9.17, 15) is 14.0 Å². The first-order valence-corrected chi connectivity index (χ1v) is 8.17. The third-order valence-corrected chi connectivity index (χ3v) is 4.04. The minimum atomic E-state index is -0.495. The van der Waals surface area contributed by atoms with Crippen molar-refractivity contribution in [2.24, 2.45) is 5.92 Å². The Kier molecular flexibility index (Phi) is 4.97. The van der Waals surface area contributed by atoms with Gasteiger partial charge in [0.25, 0.3) is 0 Å². The molecule has 1 aliphatic heterocycles. The summed E-state index contributed by atoms with van der Waals surface area (Å²) < 4.78 is 18.8. The summed E-state index contributed by atoms with van der Waals surface area (Å²) >= 11 is 0. The number of hydrogen-bond acceptors (Lipinski definition) is 3. The zero-order chi connectivity index (χ0) is 17.8. The van der Waals surface area contributed by atoms with Gasteiger partial charge in [0.1, 0.15) is 11.6 Å². The minimum Gasteiger partial charge on any atom is -0.492 e. The number of halogens is 1. The second-order valence-electron chi connectivity index (χ2n) is 5.81. The molecule has 1 heterocycles. The van der Waals surface area contributed by atoms with Gasteiger partial charge in [-0.1, -0.05) is 18.2 Å². The van der Waals surface area contributed by atoms with Crippen LogP contribution in [0.4, 0.5) is 15.8 Å². The van der Waals surface area contributed by atoms with Crippen molar-refractivity contribution in [3.8, 4) is 5.75 Å². The van der Waals surface area contributed by atoms with E-state index in [2.05, 4.69) is 5.32 Å². The van der Waals surface area contributed by atoms with Crippen LogP contribution in [0.3, 0.4) is 0 Å². The number of carbonyl (C=O) groups excluding carboxylic acids is 2. The van der Waals surface area contributed by atoms with Crippen molar-refractivity contribution in [3.63, 3.8) is 0 Å². The van der Waals surface area contributed by atoms with Crippen LogP contribution in [0.5, 0.6) is 5.75 Å². The van der Waals surface area contributed by atoms with Crippen molar-refractivity contribution >= 4 is 23.2 Å². The summed E-state index contributed by atoms with van der Waals surface area (Å²) in [6.07, 6.45) is 0.113. The van der Waals surface area contributed by atoms with Gasteiger partial charge < -0.3 is 15.0 Å². The maximum Gasteiger partial charge on any atom is 0.229 e. The molecule has 1 aliphatic rings. The fraction of sp³-hybridized carbons (Fsp3) is 0.263. The molecule has 25 heavy (non-hydrogen) atoms. The molecule has 2 amide bonds. The first kappa shape index (κ1) is 17.0. The lowest BCUT2D eigenvalue weighted by molar-refractivity contribution is -0.122. The molecule has 0 aromatic heterocycles. The molecule has 2 aromatic carbocycles. The van der Waals surface area contributed by atoms with Crippen molar-refractivity contribution in [1.29, 1.82) is 0 Å². The van der Waals surface area contributed by atoms with Gasteiger partial charge in [0.2, 0.25) is 11.8 Å². The molecule has 0 spiro atoms. The van der Waals surface area contributed by atoms with Crippen LogP contribution in [0.1, 0.15) is 13.3 Å². The number of nitrogens with one attached hydrogen (secondary N) is 1. The lowest BCUT2D eigenvalue weighted by Crippen LogP contribution is -2.28. The molecule has 1 saturated heterocycles. The monoisotopic (exact) mass is 342 g/mol. The molecule has 0 saturated carbocycles. The molecule has 6 heteroatoms. The van der Waals surface area contributed by atoms with E-state index in [0.29, 0.717) is 23.7 Å². The second kappa shape index (κ2) is 7.34. The summed E-state index contributed by atoms with van der Waals surface area (Å²) in [6.45, 7) is 2.63. The van der Waals surface area contributed by atoms with Gasteiger partial charge in [-0.3, -0.25) is 9.59 Å². The van der Waals surface area contributed by atoms with Gasteiger partial charge in [-0.15, -0.1) is 0 Å². The number of para-hydroxylation sites is 2. The Morgan fingerprint density at radius 2 is 2.08 bits per heavy atom. The fourth-order valence-corrected chi connectivity index (χ4v) is 2.88. The lowest BCUT2D eigenvalue weighted by Gasteiger charge is -2.20. The van der Waals surface area contributed by atoms with Crippen LogP contribution < -0.4 is 15.0 Å². The Morgan fingerprint density at radius 3 is 2.84 bits per heavy atom. The van der Waals surface area contributed by atoms with E-state index in [-0.39, 0.29) is 24.8 Å². The number of anilines is 2. The molecule has 5 nitrogen and oxygen atoms in total. The summed E-state index contributed by atoms with van der Waals surface area (Å²) in [5.41, 5.74) is 1.04. The molecule has 3 rings (SSSR count). The van der Waals surface area contributed by atoms with E-state index in [1.807, 2.05) is 19.1 Å². The fourth-order valence-electron chi connectivity index (χ4n) is 2.88. The molecule has 130 valence electrons. The van der Waals surface area contributed by atoms with E-state index in [1.54, 1.807) is 23.1 Å². The predicted molar refractivity (Wildman–Crippen MR) is 93.1 cm³/mol. The number of nitrogens with zero attached hydrogens (tertiary/aromatic N) is 1. The van der Waals surface area contributed by atoms with Crippen molar-refractivity contribution < 1.29 is 18.7 Å². The Hall–Kier alpha value is -2.89. The predicted octanol–water partition coefficient (Wildman–Crippen LogP) is 3.22. The molecular formula is C19H19FN2O3. The quantitative estimate of drug-likeness (QED) is 0.908. The molecule has 1 N–H and O–H groups in total. The summed E-state index contributed by atoms with van der Waals surface area (Å²) in [5, 5.41) is 2.67. The van der Waals surface area contributed by atoms with Crippen molar-refractivity contribution in [1.82, 2.24) is 0 Å². The van der Waals surface area contributed by atoms with Crippen LogP contribution in [-0.2, 0) is 9.59 Å². The van der Waals surface area contributed by atoms with Gasteiger partial charge in [-0.05, 0) is 37.3 Å². The Balaban J connectivity index is 1.73. The number of benzene rings is 2. The van der Waals surface area contributed by atoms with Crippen LogP contribution in [0.2, 0.25) is 0 Å². The Bertz CT molecular complexity index is 794. The van der Waals surface area contributed by atoms with Gasteiger partial charge in [0.05, 0.1) is 18.2 Å². The van der Waals surface area contributed by atoms with Crippen molar-refractivity contribution in [2.75, 3.05) is 23.4 Å². The molecule has 0 aliphatic carbocycles. The molecule has 1 fully saturated rings. The highest BCUT2D eigenvalue weighted by atomic mass is 19.1. The topological polar surface area (TPSA) is 58.6 Å². The Labute approximate surface area is 145 Å². The van der Waals surface area contributed by atoms with Gasteiger partial charge in [0, 0.05) is 18.7 Å². The largest absolute Gasteiger partial charge is 0.492 e.